The lowest BCUT2D eigenvalue weighted by atomic mass is 9.94. The normalized spacial score (nSPS) is 30.6. The average molecular weight is 664 g/mol. The Hall–Kier alpha value is -3.87. The van der Waals surface area contributed by atoms with E-state index in [4.69, 9.17) is 47.4 Å². The van der Waals surface area contributed by atoms with Crippen molar-refractivity contribution in [2.75, 3.05) is 19.8 Å². The van der Waals surface area contributed by atoms with Gasteiger partial charge in [-0.1, -0.05) is 0 Å². The maximum absolute atomic E-state index is 12.4. The predicted octanol–water partition coefficient (Wildman–Crippen LogP) is -0.784. The molecule has 260 valence electrons. The number of ether oxygens (including phenoxy) is 10. The molecule has 1 amide bonds. The van der Waals surface area contributed by atoms with Crippen LogP contribution < -0.4 is 5.32 Å². The predicted molar refractivity (Wildman–Crippen MR) is 147 cm³/mol. The second-order valence-corrected chi connectivity index (χ2v) is 10.3. The minimum atomic E-state index is -1.66. The number of carbonyl (C=O) groups excluding carboxylic acids is 7. The summed E-state index contributed by atoms with van der Waals surface area (Å²) in [4.78, 5) is 84.6. The second-order valence-electron chi connectivity index (χ2n) is 10.3. The SMILES string of the molecule is CCO[C@@H]1O[C@H](COC(C)=O)[C@H](OC(C)=O)[C@H](O[C@@H]2O[C@H](COC(C)=O)[C@@H](OC(C)=O)[C@H](OC(C)=O)[C@H]2NC(C)=O)[C@H]1OC(C)=O. The highest BCUT2D eigenvalue weighted by atomic mass is 16.8. The van der Waals surface area contributed by atoms with E-state index in [0.29, 0.717) is 0 Å². The Morgan fingerprint density at radius 2 is 0.957 bits per heavy atom. The fourth-order valence-corrected chi connectivity index (χ4v) is 4.88. The molecule has 18 heteroatoms. The largest absolute Gasteiger partial charge is 0.463 e. The van der Waals surface area contributed by atoms with Gasteiger partial charge in [0.2, 0.25) is 5.91 Å². The smallest absolute Gasteiger partial charge is 0.303 e. The summed E-state index contributed by atoms with van der Waals surface area (Å²) in [6.45, 7) is 8.43. The maximum atomic E-state index is 12.4. The van der Waals surface area contributed by atoms with Crippen LogP contribution >= 0.6 is 0 Å². The molecule has 0 aromatic rings. The van der Waals surface area contributed by atoms with E-state index in [1.165, 1.54) is 0 Å². The van der Waals surface area contributed by atoms with Gasteiger partial charge >= 0.3 is 35.8 Å². The van der Waals surface area contributed by atoms with Crippen molar-refractivity contribution in [1.82, 2.24) is 5.32 Å². The first-order valence-corrected chi connectivity index (χ1v) is 14.3. The zero-order valence-corrected chi connectivity index (χ0v) is 26.8. The molecule has 10 atom stereocenters. The number of carbonyl (C=O) groups is 7. The highest BCUT2D eigenvalue weighted by Gasteiger charge is 2.57. The molecular weight excluding hydrogens is 622 g/mol. The molecule has 0 aromatic heterocycles. The van der Waals surface area contributed by atoms with E-state index in [-0.39, 0.29) is 6.61 Å². The lowest BCUT2D eigenvalue weighted by Gasteiger charge is -2.49. The van der Waals surface area contributed by atoms with Gasteiger partial charge in [-0.05, 0) is 6.92 Å². The Bertz CT molecular complexity index is 1130. The van der Waals surface area contributed by atoms with Gasteiger partial charge in [0.15, 0.2) is 37.0 Å². The van der Waals surface area contributed by atoms with E-state index < -0.39 is 116 Å². The first-order valence-electron chi connectivity index (χ1n) is 14.3. The van der Waals surface area contributed by atoms with Crippen LogP contribution in [0.4, 0.5) is 0 Å². The molecule has 0 unspecified atom stereocenters. The molecule has 0 bridgehead atoms. The number of hydrogen-bond acceptors (Lipinski definition) is 17. The minimum Gasteiger partial charge on any atom is -0.463 e. The second kappa shape index (κ2) is 17.7. The Morgan fingerprint density at radius 1 is 0.543 bits per heavy atom. The Balaban J connectivity index is 2.72. The number of rotatable bonds is 13. The van der Waals surface area contributed by atoms with E-state index in [1.807, 2.05) is 0 Å². The molecule has 2 rings (SSSR count). The van der Waals surface area contributed by atoms with Crippen molar-refractivity contribution in [3.8, 4) is 0 Å². The third-order valence-corrected chi connectivity index (χ3v) is 6.34. The van der Waals surface area contributed by atoms with E-state index in [0.717, 1.165) is 48.5 Å². The van der Waals surface area contributed by atoms with Crippen LogP contribution in [0.15, 0.2) is 0 Å². The Labute approximate surface area is 264 Å². The fraction of sp³-hybridized carbons (Fsp3) is 0.750. The number of hydrogen-bond donors (Lipinski definition) is 1. The van der Waals surface area contributed by atoms with Gasteiger partial charge in [0, 0.05) is 55.1 Å². The van der Waals surface area contributed by atoms with E-state index >= 15 is 0 Å². The molecule has 0 aliphatic carbocycles. The van der Waals surface area contributed by atoms with Crippen molar-refractivity contribution in [3.63, 3.8) is 0 Å². The van der Waals surface area contributed by atoms with Crippen molar-refractivity contribution in [1.29, 1.82) is 0 Å². The molecule has 1 N–H and O–H groups in total. The first kappa shape index (κ1) is 38.3. The molecule has 2 fully saturated rings. The van der Waals surface area contributed by atoms with Gasteiger partial charge < -0.3 is 52.7 Å². The van der Waals surface area contributed by atoms with Gasteiger partial charge in [0.25, 0.3) is 0 Å². The number of amides is 1. The third-order valence-electron chi connectivity index (χ3n) is 6.34. The van der Waals surface area contributed by atoms with Crippen molar-refractivity contribution in [2.24, 2.45) is 0 Å². The average Bonchev–Trinajstić information content (AvgIpc) is 2.91. The number of nitrogens with one attached hydrogen (secondary N) is 1. The molecule has 0 saturated carbocycles. The van der Waals surface area contributed by atoms with Crippen LogP contribution in [-0.2, 0) is 80.9 Å². The summed E-state index contributed by atoms with van der Waals surface area (Å²) in [5.74, 6) is -5.36. The highest BCUT2D eigenvalue weighted by molar-refractivity contribution is 5.74. The first-order chi connectivity index (χ1) is 21.5. The zero-order chi connectivity index (χ0) is 34.7. The van der Waals surface area contributed by atoms with Gasteiger partial charge in [0.05, 0.1) is 0 Å². The van der Waals surface area contributed by atoms with Gasteiger partial charge in [-0.25, -0.2) is 0 Å². The molecule has 2 aliphatic heterocycles. The maximum Gasteiger partial charge on any atom is 0.303 e. The summed E-state index contributed by atoms with van der Waals surface area (Å²) < 4.78 is 56.1. The van der Waals surface area contributed by atoms with Gasteiger partial charge in [-0.15, -0.1) is 0 Å². The quantitative estimate of drug-likeness (QED) is 0.188. The summed E-state index contributed by atoms with van der Waals surface area (Å²) in [5, 5.41) is 2.55. The summed E-state index contributed by atoms with van der Waals surface area (Å²) >= 11 is 0. The van der Waals surface area contributed by atoms with Crippen molar-refractivity contribution < 1.29 is 80.9 Å². The summed E-state index contributed by atoms with van der Waals surface area (Å²) in [5.41, 5.74) is 0. The monoisotopic (exact) mass is 663 g/mol. The lowest BCUT2D eigenvalue weighted by molar-refractivity contribution is -0.349. The molecule has 46 heavy (non-hydrogen) atoms. The van der Waals surface area contributed by atoms with Gasteiger partial charge in [-0.2, -0.15) is 0 Å². The van der Waals surface area contributed by atoms with Gasteiger partial charge in [-0.3, -0.25) is 33.6 Å². The third kappa shape index (κ3) is 11.5. The van der Waals surface area contributed by atoms with Crippen LogP contribution in [0, 0.1) is 0 Å². The number of esters is 6. The van der Waals surface area contributed by atoms with Gasteiger partial charge in [0.1, 0.15) is 37.6 Å². The van der Waals surface area contributed by atoms with E-state index in [1.54, 1.807) is 6.92 Å². The van der Waals surface area contributed by atoms with Crippen LogP contribution in [0.25, 0.3) is 0 Å². The molecule has 2 heterocycles. The van der Waals surface area contributed by atoms with Crippen molar-refractivity contribution in [2.45, 2.75) is 117 Å². The Kier molecular flexibility index (Phi) is 14.8. The Morgan fingerprint density at radius 3 is 1.37 bits per heavy atom. The standard InChI is InChI=1S/C28H41NO17/c1-9-37-28-26(43-18(8)36)25(23(41-16(6)34)20(45-28)11-39-14(4)32)46-27-21(29-12(2)30)24(42-17(7)35)22(40-15(5)33)19(44-27)10-38-13(3)31/h19-28H,9-11H2,1-8H3,(H,29,30)/t19-,20-,21-,22-,23+,24-,25+,26-,27+,28-/m1/s1. The summed E-state index contributed by atoms with van der Waals surface area (Å²) in [6.07, 6.45) is -12.9. The fourth-order valence-electron chi connectivity index (χ4n) is 4.88. The highest BCUT2D eigenvalue weighted by Crippen LogP contribution is 2.34. The van der Waals surface area contributed by atoms with Crippen LogP contribution in [0.1, 0.15) is 55.4 Å². The molecule has 2 aliphatic rings. The van der Waals surface area contributed by atoms with E-state index in [9.17, 15) is 33.6 Å². The molecule has 0 radical (unpaired) electrons. The van der Waals surface area contributed by atoms with E-state index in [2.05, 4.69) is 5.32 Å². The van der Waals surface area contributed by atoms with Crippen LogP contribution in [0.2, 0.25) is 0 Å². The molecule has 2 saturated heterocycles. The topological polar surface area (TPSA) is 224 Å². The molecule has 18 nitrogen and oxygen atoms in total. The lowest BCUT2D eigenvalue weighted by Crippen LogP contribution is -2.69. The summed E-state index contributed by atoms with van der Waals surface area (Å²) in [7, 11) is 0. The molecular formula is C28H41NO17. The van der Waals surface area contributed by atoms with Crippen molar-refractivity contribution in [3.05, 3.63) is 0 Å². The summed E-state index contributed by atoms with van der Waals surface area (Å²) in [6, 6.07) is -1.42. The minimum absolute atomic E-state index is 0.0468. The van der Waals surface area contributed by atoms with Crippen LogP contribution in [-0.4, -0.2) is 123 Å². The van der Waals surface area contributed by atoms with Crippen molar-refractivity contribution >= 4 is 41.7 Å². The van der Waals surface area contributed by atoms with Crippen LogP contribution in [0.3, 0.4) is 0 Å². The zero-order valence-electron chi connectivity index (χ0n) is 26.8. The van der Waals surface area contributed by atoms with Crippen LogP contribution in [0.5, 0.6) is 0 Å². The molecule has 0 spiro atoms. The molecule has 0 aromatic carbocycles.